The van der Waals surface area contributed by atoms with Crippen LogP contribution >= 0.6 is 0 Å². The lowest BCUT2D eigenvalue weighted by Crippen LogP contribution is -2.16. The zero-order chi connectivity index (χ0) is 12.4. The molecule has 0 amide bonds. The van der Waals surface area contributed by atoms with Crippen molar-refractivity contribution < 1.29 is 13.9 Å². The van der Waals surface area contributed by atoms with E-state index in [9.17, 15) is 13.9 Å². The molecule has 1 N–H and O–H groups in total. The van der Waals surface area contributed by atoms with Crippen LogP contribution in [0.5, 0.6) is 0 Å². The van der Waals surface area contributed by atoms with Crippen molar-refractivity contribution in [3.63, 3.8) is 0 Å². The largest absolute Gasteiger partial charge is 0.390 e. The second kappa shape index (κ2) is 4.70. The van der Waals surface area contributed by atoms with Crippen molar-refractivity contribution in [2.45, 2.75) is 32.5 Å². The van der Waals surface area contributed by atoms with Gasteiger partial charge >= 0.3 is 0 Å². The quantitative estimate of drug-likeness (QED) is 0.867. The molecule has 92 valence electrons. The second-order valence-corrected chi connectivity index (χ2v) is 3.72. The van der Waals surface area contributed by atoms with Crippen LogP contribution in [-0.4, -0.2) is 32.7 Å². The van der Waals surface area contributed by atoms with E-state index < -0.39 is 12.6 Å². The maximum Gasteiger partial charge on any atom is 0.265 e. The van der Waals surface area contributed by atoms with Gasteiger partial charge in [-0.1, -0.05) is 11.3 Å². The molecular weight excluding hydrogens is 230 g/mol. The van der Waals surface area contributed by atoms with Crippen LogP contribution in [0.25, 0.3) is 0 Å². The van der Waals surface area contributed by atoms with Crippen molar-refractivity contribution in [3.05, 3.63) is 23.0 Å². The minimum absolute atomic E-state index is 0.0800. The molecule has 0 bridgehead atoms. The summed E-state index contributed by atoms with van der Waals surface area (Å²) in [6.45, 7) is 1.53. The van der Waals surface area contributed by atoms with Gasteiger partial charge in [0.2, 0.25) is 0 Å². The standard InChI is InChI=1S/C10H12F2N4O/c1-6-8(5-17)16(15-14-6)9-3-2-7(4-13-9)10(11)12/h2,4,9-10,17H,3,5H2,1H3. The molecule has 0 radical (unpaired) electrons. The molecule has 17 heavy (non-hydrogen) atoms. The number of dihydropyridines is 1. The summed E-state index contributed by atoms with van der Waals surface area (Å²) in [5.74, 6) is 0. The highest BCUT2D eigenvalue weighted by atomic mass is 19.3. The zero-order valence-electron chi connectivity index (χ0n) is 9.22. The van der Waals surface area contributed by atoms with Crippen LogP contribution in [0.2, 0.25) is 0 Å². The number of hydrogen-bond acceptors (Lipinski definition) is 4. The molecule has 2 rings (SSSR count). The van der Waals surface area contributed by atoms with Crippen LogP contribution in [-0.2, 0) is 6.61 Å². The lowest BCUT2D eigenvalue weighted by atomic mass is 10.1. The molecule has 1 atom stereocenters. The van der Waals surface area contributed by atoms with Crippen molar-refractivity contribution in [3.8, 4) is 0 Å². The first-order valence-corrected chi connectivity index (χ1v) is 5.16. The molecule has 5 nitrogen and oxygen atoms in total. The van der Waals surface area contributed by atoms with Crippen LogP contribution in [0.3, 0.4) is 0 Å². The number of halogens is 2. The normalized spacial score (nSPS) is 19.8. The van der Waals surface area contributed by atoms with E-state index in [4.69, 9.17) is 0 Å². The zero-order valence-corrected chi connectivity index (χ0v) is 9.22. The number of aliphatic hydroxyl groups excluding tert-OH is 1. The van der Waals surface area contributed by atoms with Gasteiger partial charge in [-0.2, -0.15) is 0 Å². The van der Waals surface area contributed by atoms with Crippen molar-refractivity contribution >= 4 is 6.21 Å². The van der Waals surface area contributed by atoms with E-state index in [0.29, 0.717) is 17.8 Å². The Bertz CT molecular complexity index is 467. The lowest BCUT2D eigenvalue weighted by molar-refractivity contribution is 0.195. The topological polar surface area (TPSA) is 63.3 Å². The Morgan fingerprint density at radius 1 is 1.59 bits per heavy atom. The Morgan fingerprint density at radius 2 is 2.35 bits per heavy atom. The Hall–Kier alpha value is -1.63. The third-order valence-electron chi connectivity index (χ3n) is 2.63. The number of aliphatic hydroxyl groups is 1. The molecule has 0 fully saturated rings. The van der Waals surface area contributed by atoms with Gasteiger partial charge in [-0.15, -0.1) is 5.10 Å². The molecule has 0 saturated carbocycles. The van der Waals surface area contributed by atoms with Gasteiger partial charge in [-0.05, 0) is 6.92 Å². The fourth-order valence-electron chi connectivity index (χ4n) is 1.65. The average molecular weight is 242 g/mol. The fourth-order valence-corrected chi connectivity index (χ4v) is 1.65. The van der Waals surface area contributed by atoms with Crippen molar-refractivity contribution in [1.29, 1.82) is 0 Å². The SMILES string of the molecule is Cc1nnn(C2CC=C(C(F)F)C=N2)c1CO. The van der Waals surface area contributed by atoms with Gasteiger partial charge in [-0.3, -0.25) is 4.99 Å². The summed E-state index contributed by atoms with van der Waals surface area (Å²) in [5, 5.41) is 16.9. The predicted octanol–water partition coefficient (Wildman–Crippen LogP) is 1.24. The van der Waals surface area contributed by atoms with Crippen LogP contribution in [0.4, 0.5) is 8.78 Å². The number of aryl methyl sites for hydroxylation is 1. The van der Waals surface area contributed by atoms with Crippen molar-refractivity contribution in [2.24, 2.45) is 4.99 Å². The van der Waals surface area contributed by atoms with Gasteiger partial charge in [-0.25, -0.2) is 13.5 Å². The van der Waals surface area contributed by atoms with E-state index in [2.05, 4.69) is 15.3 Å². The Kier molecular flexibility index (Phi) is 3.28. The highest BCUT2D eigenvalue weighted by Gasteiger charge is 2.20. The van der Waals surface area contributed by atoms with Gasteiger partial charge in [0, 0.05) is 18.2 Å². The first kappa shape index (κ1) is 11.8. The first-order chi connectivity index (χ1) is 8.13. The number of alkyl halides is 2. The molecule has 0 saturated heterocycles. The summed E-state index contributed by atoms with van der Waals surface area (Å²) in [6.07, 6.45) is -0.000863. The minimum Gasteiger partial charge on any atom is -0.390 e. The first-order valence-electron chi connectivity index (χ1n) is 5.16. The van der Waals surface area contributed by atoms with E-state index >= 15 is 0 Å². The third-order valence-corrected chi connectivity index (χ3v) is 2.63. The van der Waals surface area contributed by atoms with E-state index in [0.717, 1.165) is 6.21 Å². The smallest absolute Gasteiger partial charge is 0.265 e. The van der Waals surface area contributed by atoms with Crippen LogP contribution in [0.1, 0.15) is 24.0 Å². The maximum atomic E-state index is 12.4. The number of aromatic nitrogens is 3. The molecule has 1 aliphatic rings. The third kappa shape index (κ3) is 2.23. The molecule has 1 unspecified atom stereocenters. The number of nitrogens with zero attached hydrogens (tertiary/aromatic N) is 4. The summed E-state index contributed by atoms with van der Waals surface area (Å²) in [7, 11) is 0. The van der Waals surface area contributed by atoms with Gasteiger partial charge in [0.25, 0.3) is 6.43 Å². The summed E-state index contributed by atoms with van der Waals surface area (Å²) < 4.78 is 26.2. The molecule has 1 aromatic heterocycles. The monoisotopic (exact) mass is 242 g/mol. The van der Waals surface area contributed by atoms with Gasteiger partial charge < -0.3 is 5.11 Å². The Labute approximate surface area is 96.5 Å². The number of aliphatic imine (C=N–C) groups is 1. The van der Waals surface area contributed by atoms with Crippen molar-refractivity contribution in [1.82, 2.24) is 15.0 Å². The summed E-state index contributed by atoms with van der Waals surface area (Å²) in [6, 6.07) is 0. The van der Waals surface area contributed by atoms with Gasteiger partial charge in [0.15, 0.2) is 0 Å². The minimum atomic E-state index is -2.51. The van der Waals surface area contributed by atoms with E-state index in [1.54, 1.807) is 6.92 Å². The highest BCUT2D eigenvalue weighted by molar-refractivity contribution is 5.80. The molecule has 2 heterocycles. The van der Waals surface area contributed by atoms with Gasteiger partial charge in [0.1, 0.15) is 6.17 Å². The fraction of sp³-hybridized carbons (Fsp3) is 0.500. The Balaban J connectivity index is 2.19. The molecule has 0 aromatic carbocycles. The maximum absolute atomic E-state index is 12.4. The predicted molar refractivity (Wildman–Crippen MR) is 56.9 cm³/mol. The van der Waals surface area contributed by atoms with E-state index in [1.165, 1.54) is 10.8 Å². The molecule has 0 spiro atoms. The highest BCUT2D eigenvalue weighted by Crippen LogP contribution is 2.23. The van der Waals surface area contributed by atoms with Crippen LogP contribution < -0.4 is 0 Å². The molecule has 1 aromatic rings. The van der Waals surface area contributed by atoms with Crippen LogP contribution in [0.15, 0.2) is 16.6 Å². The van der Waals surface area contributed by atoms with E-state index in [-0.39, 0.29) is 12.2 Å². The van der Waals surface area contributed by atoms with Crippen molar-refractivity contribution in [2.75, 3.05) is 0 Å². The Morgan fingerprint density at radius 3 is 2.88 bits per heavy atom. The number of hydrogen-bond donors (Lipinski definition) is 1. The number of allylic oxidation sites excluding steroid dienone is 1. The lowest BCUT2D eigenvalue weighted by Gasteiger charge is -2.17. The average Bonchev–Trinajstić information content (AvgIpc) is 2.70. The summed E-state index contributed by atoms with van der Waals surface area (Å²) in [4.78, 5) is 4.00. The molecule has 0 aliphatic carbocycles. The summed E-state index contributed by atoms with van der Waals surface area (Å²) >= 11 is 0. The number of rotatable bonds is 3. The van der Waals surface area contributed by atoms with E-state index in [1.807, 2.05) is 0 Å². The van der Waals surface area contributed by atoms with Gasteiger partial charge in [0.05, 0.1) is 18.0 Å². The molecule has 7 heteroatoms. The molecule has 1 aliphatic heterocycles. The molecular formula is C10H12F2N4O. The second-order valence-electron chi connectivity index (χ2n) is 3.72. The van der Waals surface area contributed by atoms with Crippen LogP contribution in [0, 0.1) is 6.92 Å². The summed E-state index contributed by atoms with van der Waals surface area (Å²) in [5.41, 5.74) is 1.09.